The van der Waals surface area contributed by atoms with Crippen molar-refractivity contribution < 1.29 is 74.7 Å². The quantitative estimate of drug-likeness (QED) is 0.165. The Kier molecular flexibility index (Phi) is 8.75. The Bertz CT molecular complexity index is 594. The van der Waals surface area contributed by atoms with Gasteiger partial charge in [0.25, 0.3) is 0 Å². The molecule has 10 N–H and O–H groups in total. The number of hydrogen-bond acceptors (Lipinski definition) is 15. The molecule has 0 aromatic rings. The first-order valence-electron chi connectivity index (χ1n) is 10.0. The fourth-order valence-electron chi connectivity index (χ4n) is 3.83. The molecule has 15 heteroatoms. The Balaban J connectivity index is 1.81. The van der Waals surface area contributed by atoms with Crippen molar-refractivity contribution in [3.8, 4) is 0 Å². The molecule has 14 atom stereocenters. The summed E-state index contributed by atoms with van der Waals surface area (Å²) in [6, 6.07) is 0. The van der Waals surface area contributed by atoms with Crippen molar-refractivity contribution in [3.05, 3.63) is 0 Å². The van der Waals surface area contributed by atoms with E-state index in [1.165, 1.54) is 0 Å². The summed E-state index contributed by atoms with van der Waals surface area (Å²) in [6.45, 7) is -2.17. The van der Waals surface area contributed by atoms with Gasteiger partial charge in [0, 0.05) is 0 Å². The van der Waals surface area contributed by atoms with Gasteiger partial charge in [-0.05, 0) is 0 Å². The first-order chi connectivity index (χ1) is 15.1. The second-order valence-electron chi connectivity index (χ2n) is 7.84. The first kappa shape index (κ1) is 26.0. The lowest BCUT2D eigenvalue weighted by Crippen LogP contribution is -2.65. The van der Waals surface area contributed by atoms with E-state index in [-0.39, 0.29) is 0 Å². The first-order valence-corrected chi connectivity index (χ1v) is 10.0. The Morgan fingerprint density at radius 3 is 1.50 bits per heavy atom. The van der Waals surface area contributed by atoms with Crippen LogP contribution in [0, 0.1) is 0 Å². The van der Waals surface area contributed by atoms with Gasteiger partial charge in [0.05, 0.1) is 19.8 Å². The Hall–Kier alpha value is -0.600. The van der Waals surface area contributed by atoms with E-state index in [4.69, 9.17) is 23.7 Å². The van der Waals surface area contributed by atoms with E-state index in [0.717, 1.165) is 0 Å². The van der Waals surface area contributed by atoms with Crippen molar-refractivity contribution in [2.45, 2.75) is 86.0 Å². The van der Waals surface area contributed by atoms with Crippen molar-refractivity contribution in [2.75, 3.05) is 19.8 Å². The summed E-state index contributed by atoms with van der Waals surface area (Å²) in [5, 5.41) is 98.7. The summed E-state index contributed by atoms with van der Waals surface area (Å²) >= 11 is 0. The smallest absolute Gasteiger partial charge is 0.187 e. The second-order valence-corrected chi connectivity index (χ2v) is 7.84. The summed E-state index contributed by atoms with van der Waals surface area (Å²) in [6.07, 6.45) is -22.5. The molecule has 3 saturated heterocycles. The maximum Gasteiger partial charge on any atom is 0.187 e. The highest BCUT2D eigenvalue weighted by molar-refractivity contribution is 4.95. The molecule has 1 unspecified atom stereocenters. The highest BCUT2D eigenvalue weighted by Crippen LogP contribution is 2.32. The number of aliphatic hydroxyl groups is 10. The minimum absolute atomic E-state index is 0.652. The molecule has 0 radical (unpaired) electrons. The van der Waals surface area contributed by atoms with Crippen molar-refractivity contribution in [2.24, 2.45) is 0 Å². The molecule has 15 nitrogen and oxygen atoms in total. The maximum absolute atomic E-state index is 10.5. The number of aliphatic hydroxyl groups excluding tert-OH is 10. The van der Waals surface area contributed by atoms with Gasteiger partial charge in [-0.1, -0.05) is 0 Å². The molecular weight excluding hydrogens is 444 g/mol. The SMILES string of the molecule is OC[C@@H]1O[C@@H](O[C@H]2[C@H](O[C@H]3[C@H](O)[C@H](O)C(O)O[C@@H]3CO)O[C@H](CO)[C@H](O)[C@@H]2O)[C@H](O)[C@H]1O. The molecule has 3 aliphatic rings. The van der Waals surface area contributed by atoms with Crippen LogP contribution in [-0.4, -0.2) is 157 Å². The van der Waals surface area contributed by atoms with Crippen LogP contribution in [0.5, 0.6) is 0 Å². The molecule has 0 aliphatic carbocycles. The molecule has 0 spiro atoms. The van der Waals surface area contributed by atoms with Crippen LogP contribution in [0.15, 0.2) is 0 Å². The molecule has 32 heavy (non-hydrogen) atoms. The molecule has 0 saturated carbocycles. The lowest BCUT2D eigenvalue weighted by molar-refractivity contribution is -0.372. The molecule has 3 rings (SSSR count). The summed E-state index contributed by atoms with van der Waals surface area (Å²) in [5.41, 5.74) is 0. The summed E-state index contributed by atoms with van der Waals surface area (Å²) in [5.74, 6) is 0. The maximum atomic E-state index is 10.5. The number of rotatable bonds is 7. The topological polar surface area (TPSA) is 248 Å². The van der Waals surface area contributed by atoms with Crippen LogP contribution in [0.1, 0.15) is 0 Å². The zero-order valence-electron chi connectivity index (χ0n) is 16.7. The van der Waals surface area contributed by atoms with E-state index in [9.17, 15) is 51.1 Å². The third kappa shape index (κ3) is 4.92. The van der Waals surface area contributed by atoms with Gasteiger partial charge in [0.1, 0.15) is 67.1 Å². The fraction of sp³-hybridized carbons (Fsp3) is 1.00. The van der Waals surface area contributed by atoms with Crippen LogP contribution in [0.2, 0.25) is 0 Å². The third-order valence-corrected chi connectivity index (χ3v) is 5.74. The van der Waals surface area contributed by atoms with Crippen LogP contribution < -0.4 is 0 Å². The van der Waals surface area contributed by atoms with E-state index >= 15 is 0 Å². The Morgan fingerprint density at radius 2 is 0.938 bits per heavy atom. The van der Waals surface area contributed by atoms with Gasteiger partial charge in [0.2, 0.25) is 0 Å². The lowest BCUT2D eigenvalue weighted by atomic mass is 9.97. The highest BCUT2D eigenvalue weighted by Gasteiger charge is 2.53. The second kappa shape index (κ2) is 10.8. The lowest BCUT2D eigenvalue weighted by Gasteiger charge is -2.46. The van der Waals surface area contributed by atoms with E-state index in [0.29, 0.717) is 0 Å². The monoisotopic (exact) mass is 474 g/mol. The average molecular weight is 474 g/mol. The van der Waals surface area contributed by atoms with Crippen molar-refractivity contribution in [1.29, 1.82) is 0 Å². The van der Waals surface area contributed by atoms with E-state index in [1.807, 2.05) is 0 Å². The van der Waals surface area contributed by atoms with Crippen molar-refractivity contribution in [3.63, 3.8) is 0 Å². The molecule has 0 bridgehead atoms. The number of ether oxygens (including phenoxy) is 5. The van der Waals surface area contributed by atoms with Crippen LogP contribution in [0.4, 0.5) is 0 Å². The molecule has 3 heterocycles. The van der Waals surface area contributed by atoms with Gasteiger partial charge in [-0.3, -0.25) is 0 Å². The molecule has 0 aromatic heterocycles. The van der Waals surface area contributed by atoms with Gasteiger partial charge in [0.15, 0.2) is 18.9 Å². The van der Waals surface area contributed by atoms with Crippen LogP contribution >= 0.6 is 0 Å². The van der Waals surface area contributed by atoms with Crippen molar-refractivity contribution in [1.82, 2.24) is 0 Å². The Morgan fingerprint density at radius 1 is 0.469 bits per heavy atom. The average Bonchev–Trinajstić information content (AvgIpc) is 3.06. The van der Waals surface area contributed by atoms with Gasteiger partial charge in [-0.15, -0.1) is 0 Å². The molecule has 188 valence electrons. The predicted octanol–water partition coefficient (Wildman–Crippen LogP) is -6.93. The minimum atomic E-state index is -1.82. The summed E-state index contributed by atoms with van der Waals surface area (Å²) in [4.78, 5) is 0. The Labute approximate surface area is 181 Å². The number of hydrogen-bond donors (Lipinski definition) is 10. The van der Waals surface area contributed by atoms with Crippen LogP contribution in [0.3, 0.4) is 0 Å². The van der Waals surface area contributed by atoms with Gasteiger partial charge in [-0.25, -0.2) is 0 Å². The third-order valence-electron chi connectivity index (χ3n) is 5.74. The summed E-state index contributed by atoms with van der Waals surface area (Å²) < 4.78 is 26.6. The highest BCUT2D eigenvalue weighted by atomic mass is 16.8. The van der Waals surface area contributed by atoms with Crippen molar-refractivity contribution >= 4 is 0 Å². The van der Waals surface area contributed by atoms with Crippen LogP contribution in [0.25, 0.3) is 0 Å². The van der Waals surface area contributed by atoms with E-state index in [1.54, 1.807) is 0 Å². The van der Waals surface area contributed by atoms with E-state index < -0.39 is 106 Å². The molecular formula is C17H30O15. The predicted molar refractivity (Wildman–Crippen MR) is 95.2 cm³/mol. The standard InChI is InChI=1S/C17H30O15/c18-1-4-7(21)9(23)14(32-16-12(26)8(22)5(2-19)29-16)17(30-4)31-13-6(3-20)28-15(27)11(25)10(13)24/h4-27H,1-3H2/t4-,5+,6-,7+,8+,9+,10-,11+,12-,13-,14-,15?,16+,17+/m1/s1. The zero-order valence-corrected chi connectivity index (χ0v) is 16.7. The molecule has 3 fully saturated rings. The summed E-state index contributed by atoms with van der Waals surface area (Å²) in [7, 11) is 0. The van der Waals surface area contributed by atoms with Gasteiger partial charge in [-0.2, -0.15) is 0 Å². The van der Waals surface area contributed by atoms with Gasteiger partial charge < -0.3 is 74.7 Å². The van der Waals surface area contributed by atoms with Crippen LogP contribution in [-0.2, 0) is 23.7 Å². The zero-order chi connectivity index (χ0) is 23.7. The van der Waals surface area contributed by atoms with Gasteiger partial charge >= 0.3 is 0 Å². The minimum Gasteiger partial charge on any atom is -0.394 e. The molecule has 0 aromatic carbocycles. The van der Waals surface area contributed by atoms with E-state index in [2.05, 4.69) is 0 Å². The molecule has 0 amide bonds. The fourth-order valence-corrected chi connectivity index (χ4v) is 3.83. The molecule has 3 aliphatic heterocycles. The largest absolute Gasteiger partial charge is 0.394 e. The normalized spacial score (nSPS) is 52.3.